The third kappa shape index (κ3) is 2.00. The Morgan fingerprint density at radius 2 is 1.93 bits per heavy atom. The van der Waals surface area contributed by atoms with E-state index in [1.54, 1.807) is 0 Å². The Morgan fingerprint density at radius 1 is 1.36 bits per heavy atom. The lowest BCUT2D eigenvalue weighted by Crippen LogP contribution is -2.24. The van der Waals surface area contributed by atoms with Gasteiger partial charge >= 0.3 is 0 Å². The smallest absolute Gasteiger partial charge is 0.200 e. The number of nitrogens with two attached hydrogens (primary N) is 1. The van der Waals surface area contributed by atoms with E-state index >= 15 is 0 Å². The number of halogens is 2. The van der Waals surface area contributed by atoms with Gasteiger partial charge in [-0.15, -0.1) is 0 Å². The number of aliphatic hydroxyl groups is 1. The Bertz CT molecular complexity index is 319. The van der Waals surface area contributed by atoms with Crippen molar-refractivity contribution < 1.29 is 19.0 Å². The molecular weight excluding hydrogens is 192 g/mol. The summed E-state index contributed by atoms with van der Waals surface area (Å²) in [4.78, 5) is 0. The highest BCUT2D eigenvalue weighted by atomic mass is 19.2. The van der Waals surface area contributed by atoms with Crippen molar-refractivity contribution in [3.63, 3.8) is 0 Å². The molecule has 0 unspecified atom stereocenters. The molecular formula is C9H11F2NO2. The highest BCUT2D eigenvalue weighted by Gasteiger charge is 2.17. The number of hydrogen-bond donors (Lipinski definition) is 3. The van der Waals surface area contributed by atoms with Gasteiger partial charge in [0, 0.05) is 6.04 Å². The standard InChI is InChI=1S/C9H11F2NO2/c1-4(12)9(14)5-2-6(10)8(11)7(13)3-5/h2-4,9,13-14H,12H2,1H3/t4-,9-/m1/s1. The van der Waals surface area contributed by atoms with Crippen molar-refractivity contribution in [3.05, 3.63) is 29.3 Å². The maximum absolute atomic E-state index is 12.8. The van der Waals surface area contributed by atoms with Crippen molar-refractivity contribution in [1.29, 1.82) is 0 Å². The van der Waals surface area contributed by atoms with E-state index in [4.69, 9.17) is 10.8 Å². The topological polar surface area (TPSA) is 66.5 Å². The Hall–Kier alpha value is -1.20. The van der Waals surface area contributed by atoms with Gasteiger partial charge in [-0.3, -0.25) is 0 Å². The summed E-state index contributed by atoms with van der Waals surface area (Å²) in [6, 6.07) is 1.13. The van der Waals surface area contributed by atoms with E-state index in [0.717, 1.165) is 12.1 Å². The Morgan fingerprint density at radius 3 is 2.36 bits per heavy atom. The summed E-state index contributed by atoms with van der Waals surface area (Å²) in [5, 5.41) is 18.4. The highest BCUT2D eigenvalue weighted by Crippen LogP contribution is 2.25. The summed E-state index contributed by atoms with van der Waals surface area (Å²) >= 11 is 0. The van der Waals surface area contributed by atoms with E-state index < -0.39 is 29.5 Å². The van der Waals surface area contributed by atoms with Crippen molar-refractivity contribution in [3.8, 4) is 5.75 Å². The summed E-state index contributed by atoms with van der Waals surface area (Å²) in [6.07, 6.45) is -1.13. The average Bonchev–Trinajstić information content (AvgIpc) is 2.12. The molecule has 0 aliphatic carbocycles. The molecule has 0 heterocycles. The first-order valence-electron chi connectivity index (χ1n) is 4.05. The van der Waals surface area contributed by atoms with Gasteiger partial charge in [-0.05, 0) is 24.6 Å². The van der Waals surface area contributed by atoms with Gasteiger partial charge in [-0.25, -0.2) is 4.39 Å². The molecule has 0 aliphatic rings. The molecule has 0 spiro atoms. The third-order valence-electron chi connectivity index (χ3n) is 1.87. The Balaban J connectivity index is 3.12. The molecule has 0 amide bonds. The molecule has 78 valence electrons. The van der Waals surface area contributed by atoms with Crippen molar-refractivity contribution in [2.24, 2.45) is 5.73 Å². The second kappa shape index (κ2) is 3.89. The van der Waals surface area contributed by atoms with Crippen LogP contribution >= 0.6 is 0 Å². The summed E-state index contributed by atoms with van der Waals surface area (Å²) < 4.78 is 25.4. The number of aliphatic hydroxyl groups excluding tert-OH is 1. The fraction of sp³-hybridized carbons (Fsp3) is 0.333. The normalized spacial score (nSPS) is 15.2. The van der Waals surface area contributed by atoms with Crippen LogP contribution in [0.25, 0.3) is 0 Å². The first-order valence-corrected chi connectivity index (χ1v) is 4.05. The van der Waals surface area contributed by atoms with Gasteiger partial charge in [-0.1, -0.05) is 0 Å². The third-order valence-corrected chi connectivity index (χ3v) is 1.87. The summed E-state index contributed by atoms with van der Waals surface area (Å²) in [5.41, 5.74) is 5.41. The minimum Gasteiger partial charge on any atom is -0.505 e. The molecule has 5 heteroatoms. The van der Waals surface area contributed by atoms with Crippen LogP contribution in [0.1, 0.15) is 18.6 Å². The molecule has 0 fully saturated rings. The molecule has 3 nitrogen and oxygen atoms in total. The van der Waals surface area contributed by atoms with Crippen LogP contribution in [0.5, 0.6) is 5.75 Å². The fourth-order valence-corrected chi connectivity index (χ4v) is 1.07. The number of rotatable bonds is 2. The van der Waals surface area contributed by atoms with Crippen LogP contribution < -0.4 is 5.73 Å². The second-order valence-electron chi connectivity index (χ2n) is 3.14. The lowest BCUT2D eigenvalue weighted by Gasteiger charge is -2.15. The number of hydrogen-bond acceptors (Lipinski definition) is 3. The number of aromatic hydroxyl groups is 1. The van der Waals surface area contributed by atoms with E-state index in [9.17, 15) is 13.9 Å². The molecule has 4 N–H and O–H groups in total. The van der Waals surface area contributed by atoms with E-state index in [1.807, 2.05) is 0 Å². The van der Waals surface area contributed by atoms with E-state index in [1.165, 1.54) is 6.92 Å². The van der Waals surface area contributed by atoms with E-state index in [-0.39, 0.29) is 5.56 Å². The van der Waals surface area contributed by atoms with Gasteiger partial charge in [0.05, 0.1) is 6.10 Å². The zero-order valence-electron chi connectivity index (χ0n) is 7.54. The molecule has 0 aliphatic heterocycles. The molecule has 0 aromatic heterocycles. The highest BCUT2D eigenvalue weighted by molar-refractivity contribution is 5.32. The largest absolute Gasteiger partial charge is 0.505 e. The van der Waals surface area contributed by atoms with Crippen LogP contribution in [0.3, 0.4) is 0 Å². The zero-order valence-corrected chi connectivity index (χ0v) is 7.54. The van der Waals surface area contributed by atoms with E-state index in [0.29, 0.717) is 0 Å². The Labute approximate surface area is 79.8 Å². The minimum atomic E-state index is -1.33. The summed E-state index contributed by atoms with van der Waals surface area (Å²) in [5.74, 6) is -3.37. The van der Waals surface area contributed by atoms with Crippen LogP contribution in [-0.2, 0) is 0 Å². The van der Waals surface area contributed by atoms with Crippen molar-refractivity contribution in [2.75, 3.05) is 0 Å². The molecule has 14 heavy (non-hydrogen) atoms. The maximum atomic E-state index is 12.8. The molecule has 0 saturated carbocycles. The number of phenolic OH excluding ortho intramolecular Hbond substituents is 1. The number of benzene rings is 1. The van der Waals surface area contributed by atoms with E-state index in [2.05, 4.69) is 0 Å². The second-order valence-corrected chi connectivity index (χ2v) is 3.14. The molecule has 0 bridgehead atoms. The zero-order chi connectivity index (χ0) is 10.9. The van der Waals surface area contributed by atoms with Gasteiger partial charge in [0.25, 0.3) is 0 Å². The van der Waals surface area contributed by atoms with Gasteiger partial charge in [-0.2, -0.15) is 4.39 Å². The lowest BCUT2D eigenvalue weighted by molar-refractivity contribution is 0.152. The van der Waals surface area contributed by atoms with Gasteiger partial charge < -0.3 is 15.9 Å². The fourth-order valence-electron chi connectivity index (χ4n) is 1.07. The number of phenols is 1. The molecule has 0 radical (unpaired) electrons. The minimum absolute atomic E-state index is 0.0522. The summed E-state index contributed by atoms with van der Waals surface area (Å²) in [6.45, 7) is 1.52. The van der Waals surface area contributed by atoms with Crippen LogP contribution in [0.15, 0.2) is 12.1 Å². The maximum Gasteiger partial charge on any atom is 0.200 e. The molecule has 2 atom stereocenters. The predicted octanol–water partition coefficient (Wildman–Crippen LogP) is 1.05. The predicted molar refractivity (Wildman–Crippen MR) is 46.6 cm³/mol. The Kier molecular flexibility index (Phi) is 3.03. The molecule has 1 rings (SSSR count). The van der Waals surface area contributed by atoms with Gasteiger partial charge in [0.15, 0.2) is 17.4 Å². The summed E-state index contributed by atoms with van der Waals surface area (Å²) in [7, 11) is 0. The lowest BCUT2D eigenvalue weighted by atomic mass is 10.0. The van der Waals surface area contributed by atoms with Gasteiger partial charge in [0.2, 0.25) is 0 Å². The average molecular weight is 203 g/mol. The van der Waals surface area contributed by atoms with Crippen LogP contribution in [0.4, 0.5) is 8.78 Å². The molecule has 0 saturated heterocycles. The SMILES string of the molecule is C[C@@H](N)[C@@H](O)c1cc(O)c(F)c(F)c1. The van der Waals surface area contributed by atoms with Crippen LogP contribution in [0.2, 0.25) is 0 Å². The molecule has 1 aromatic rings. The quantitative estimate of drug-likeness (QED) is 0.673. The van der Waals surface area contributed by atoms with Gasteiger partial charge in [0.1, 0.15) is 0 Å². The monoisotopic (exact) mass is 203 g/mol. The first-order chi connectivity index (χ1) is 6.43. The van der Waals surface area contributed by atoms with Crippen molar-refractivity contribution in [2.45, 2.75) is 19.1 Å². The first kappa shape index (κ1) is 10.9. The molecule has 1 aromatic carbocycles. The van der Waals surface area contributed by atoms with Crippen molar-refractivity contribution >= 4 is 0 Å². The van der Waals surface area contributed by atoms with Crippen molar-refractivity contribution in [1.82, 2.24) is 0 Å². The van der Waals surface area contributed by atoms with Crippen LogP contribution in [-0.4, -0.2) is 16.3 Å². The van der Waals surface area contributed by atoms with Crippen LogP contribution in [0, 0.1) is 11.6 Å².